The second-order valence-corrected chi connectivity index (χ2v) is 18.4. The van der Waals surface area contributed by atoms with Crippen molar-refractivity contribution < 1.29 is 38.1 Å². The number of H-pyrrole nitrogens is 1. The molecule has 378 valence electrons. The summed E-state index contributed by atoms with van der Waals surface area (Å²) in [5, 5.41) is 15.8. The molecule has 1 atom stereocenters. The van der Waals surface area contributed by atoms with Crippen molar-refractivity contribution in [1.29, 1.82) is 0 Å². The average Bonchev–Trinajstić information content (AvgIpc) is 3.78. The first kappa shape index (κ1) is 54.2. The fourth-order valence-electron chi connectivity index (χ4n) is 8.76. The van der Waals surface area contributed by atoms with Gasteiger partial charge in [0.2, 0.25) is 11.9 Å². The molecule has 3 heterocycles. The number of anilines is 2. The molecular formula is C53H70ClFN8O7. The first-order chi connectivity index (χ1) is 34.1. The van der Waals surface area contributed by atoms with Gasteiger partial charge in [-0.3, -0.25) is 24.3 Å². The number of aromatic amines is 1. The quantitative estimate of drug-likeness (QED) is 0.0315. The summed E-state index contributed by atoms with van der Waals surface area (Å²) in [6.45, 7) is 9.53. The third-order valence-electron chi connectivity index (χ3n) is 12.7. The van der Waals surface area contributed by atoms with Crippen LogP contribution in [-0.4, -0.2) is 152 Å². The highest BCUT2D eigenvalue weighted by atomic mass is 35.5. The van der Waals surface area contributed by atoms with E-state index in [1.165, 1.54) is 37.0 Å². The zero-order chi connectivity index (χ0) is 49.5. The van der Waals surface area contributed by atoms with Crippen molar-refractivity contribution in [2.45, 2.75) is 83.0 Å². The van der Waals surface area contributed by atoms with Crippen LogP contribution in [0.4, 0.5) is 16.0 Å². The molecule has 0 radical (unpaired) electrons. The number of aromatic nitrogens is 3. The molecule has 5 aromatic rings. The number of hydrogen-bond donors (Lipinski definition) is 4. The van der Waals surface area contributed by atoms with Crippen LogP contribution in [0, 0.1) is 5.82 Å². The molecule has 2 fully saturated rings. The summed E-state index contributed by atoms with van der Waals surface area (Å²) in [6.07, 6.45) is 13.6. The Kier molecular flexibility index (Phi) is 22.6. The Labute approximate surface area is 416 Å². The maximum Gasteiger partial charge on any atom is 0.237 e. The van der Waals surface area contributed by atoms with Gasteiger partial charge in [-0.25, -0.2) is 9.37 Å². The second-order valence-electron chi connectivity index (χ2n) is 17.9. The van der Waals surface area contributed by atoms with Gasteiger partial charge in [-0.1, -0.05) is 73.3 Å². The Morgan fingerprint density at radius 1 is 0.929 bits per heavy atom. The van der Waals surface area contributed by atoms with Crippen LogP contribution >= 0.6 is 11.6 Å². The average molecular weight is 986 g/mol. The molecule has 70 heavy (non-hydrogen) atoms. The molecule has 4 N–H and O–H groups in total. The molecular weight excluding hydrogens is 915 g/mol. The van der Waals surface area contributed by atoms with Crippen molar-refractivity contribution in [3.8, 4) is 11.1 Å². The van der Waals surface area contributed by atoms with Crippen LogP contribution in [-0.2, 0) is 43.3 Å². The molecule has 2 aromatic heterocycles. The maximum atomic E-state index is 13.8. The van der Waals surface area contributed by atoms with Gasteiger partial charge in [-0.05, 0) is 79.6 Å². The van der Waals surface area contributed by atoms with Crippen LogP contribution in [0.5, 0.6) is 0 Å². The van der Waals surface area contributed by atoms with Crippen molar-refractivity contribution in [2.24, 2.45) is 0 Å². The highest BCUT2D eigenvalue weighted by Gasteiger charge is 2.23. The summed E-state index contributed by atoms with van der Waals surface area (Å²) in [5.74, 6) is -0.246. The Hall–Kier alpha value is -5.17. The van der Waals surface area contributed by atoms with Crippen LogP contribution in [0.3, 0.4) is 0 Å². The first-order valence-corrected chi connectivity index (χ1v) is 24.9. The van der Waals surface area contributed by atoms with Crippen molar-refractivity contribution in [3.63, 3.8) is 0 Å². The molecule has 1 saturated heterocycles. The number of aldehydes is 2. The molecule has 0 spiro atoms. The van der Waals surface area contributed by atoms with Gasteiger partial charge in [0.15, 0.2) is 0 Å². The molecule has 1 unspecified atom stereocenters. The van der Waals surface area contributed by atoms with Crippen molar-refractivity contribution in [2.75, 3.05) is 91.8 Å². The van der Waals surface area contributed by atoms with Gasteiger partial charge >= 0.3 is 0 Å². The lowest BCUT2D eigenvalue weighted by Crippen LogP contribution is -2.46. The molecule has 0 bridgehead atoms. The molecule has 3 aromatic carbocycles. The third-order valence-corrected chi connectivity index (χ3v) is 12.9. The van der Waals surface area contributed by atoms with Gasteiger partial charge in [0.05, 0.1) is 45.2 Å². The fraction of sp³-hybridized carbons (Fsp3) is 0.491. The molecule has 1 aliphatic heterocycles. The summed E-state index contributed by atoms with van der Waals surface area (Å²) in [6, 6.07) is 18.2. The zero-order valence-corrected chi connectivity index (χ0v) is 41.4. The number of aryl methyl sites for hydroxylation is 1. The molecule has 17 heteroatoms. The topological polar surface area (TPSA) is 174 Å². The maximum absolute atomic E-state index is 13.8. The number of piperazine rings is 1. The van der Waals surface area contributed by atoms with Gasteiger partial charge in [-0.15, -0.1) is 0 Å². The molecule has 1 saturated carbocycles. The van der Waals surface area contributed by atoms with E-state index in [1.54, 1.807) is 19.3 Å². The van der Waals surface area contributed by atoms with E-state index in [0.717, 1.165) is 105 Å². The number of carbonyl (C=O) groups excluding carboxylic acids is 3. The van der Waals surface area contributed by atoms with Crippen LogP contribution in [0.25, 0.3) is 22.2 Å². The summed E-state index contributed by atoms with van der Waals surface area (Å²) in [7, 11) is 3.41. The summed E-state index contributed by atoms with van der Waals surface area (Å²) < 4.78 is 31.1. The monoisotopic (exact) mass is 985 g/mol. The van der Waals surface area contributed by atoms with Gasteiger partial charge in [-0.2, -0.15) is 4.98 Å². The van der Waals surface area contributed by atoms with Crippen molar-refractivity contribution in [1.82, 2.24) is 35.0 Å². The number of aliphatic hydroxyl groups excluding tert-OH is 1. The van der Waals surface area contributed by atoms with Gasteiger partial charge < -0.3 is 39.7 Å². The number of rotatable bonds is 26. The lowest BCUT2D eigenvalue weighted by Gasteiger charge is -2.34. The molecule has 15 nitrogen and oxygen atoms in total. The normalized spacial score (nSPS) is 15.1. The number of carbonyl (C=O) groups is 3. The minimum absolute atomic E-state index is 0.0359. The first-order valence-electron chi connectivity index (χ1n) is 24.6. The van der Waals surface area contributed by atoms with E-state index >= 15 is 0 Å². The van der Waals surface area contributed by atoms with E-state index < -0.39 is 11.9 Å². The number of amides is 1. The summed E-state index contributed by atoms with van der Waals surface area (Å²) >= 11 is 5.98. The minimum atomic E-state index is -0.460. The van der Waals surface area contributed by atoms with Crippen LogP contribution in [0.15, 0.2) is 73.1 Å². The lowest BCUT2D eigenvalue weighted by atomic mass is 9.98. The zero-order valence-electron chi connectivity index (χ0n) is 40.7. The van der Waals surface area contributed by atoms with Crippen molar-refractivity contribution in [3.05, 3.63) is 106 Å². The van der Waals surface area contributed by atoms with Crippen molar-refractivity contribution >= 4 is 52.7 Å². The predicted molar refractivity (Wildman–Crippen MR) is 272 cm³/mol. The lowest BCUT2D eigenvalue weighted by molar-refractivity contribution is -0.126. The largest absolute Gasteiger partial charge is 0.393 e. The summed E-state index contributed by atoms with van der Waals surface area (Å²) in [4.78, 5) is 54.1. The number of benzene rings is 3. The Morgan fingerprint density at radius 2 is 1.63 bits per heavy atom. The number of likely N-dealkylation sites (N-methyl/N-ethyl adjacent to an activating group) is 2. The Bertz CT molecular complexity index is 2360. The fourth-order valence-corrected chi connectivity index (χ4v) is 8.99. The Balaban J connectivity index is 0.00000105. The number of halogens is 2. The van der Waals surface area contributed by atoms with Gasteiger partial charge in [0, 0.05) is 106 Å². The molecule has 1 aliphatic carbocycles. The van der Waals surface area contributed by atoms with E-state index in [0.29, 0.717) is 80.5 Å². The minimum Gasteiger partial charge on any atom is -0.393 e. The second kappa shape index (κ2) is 29.2. The highest BCUT2D eigenvalue weighted by Crippen LogP contribution is 2.29. The third kappa shape index (κ3) is 17.6. The van der Waals surface area contributed by atoms with E-state index in [9.17, 15) is 18.8 Å². The van der Waals surface area contributed by atoms with E-state index in [2.05, 4.69) is 59.7 Å². The number of nitrogens with zero attached hydrogens (tertiary/aromatic N) is 5. The number of aliphatic hydroxyl groups is 1. The predicted octanol–water partition coefficient (Wildman–Crippen LogP) is 7.61. The number of ether oxygens (including phenoxy) is 3. The van der Waals surface area contributed by atoms with Crippen LogP contribution < -0.4 is 10.6 Å². The van der Waals surface area contributed by atoms with Crippen LogP contribution in [0.1, 0.15) is 78.4 Å². The van der Waals surface area contributed by atoms with E-state index in [1.807, 2.05) is 36.3 Å². The number of nitrogens with one attached hydrogen (secondary N) is 3. The number of hydrogen-bond acceptors (Lipinski definition) is 13. The molecule has 2 aliphatic rings. The van der Waals surface area contributed by atoms with E-state index in [4.69, 9.17) is 30.9 Å². The number of fused-ring (bicyclic) bond motifs is 1. The standard InChI is InChI=1S/C47H58ClFN8O6.C6H12O/c1-50-46(60)44(6-3-18-58)55(2)32-38-25-34(7-12-37(38)33-59)5-4-19-61-21-23-63-24-22-62-20-17-56-13-15-57(16-14-56)31-35-8-10-36(11-9-35)42-29-51-45-43(42)30-52-47(54-45)53-41-27-39(48)26-40(49)28-41;7-6-4-2-1-3-5-6/h7-12,18,25-30,33,44H,3-6,13-17,19-24,31-32H2,1-2H3,(H,50,60)(H2,51,52,53,54);6-7H,1-5H2. The summed E-state index contributed by atoms with van der Waals surface area (Å²) in [5.41, 5.74) is 7.03. The van der Waals surface area contributed by atoms with Gasteiger partial charge in [0.25, 0.3) is 0 Å². The van der Waals surface area contributed by atoms with E-state index in [-0.39, 0.29) is 18.4 Å². The highest BCUT2D eigenvalue weighted by molar-refractivity contribution is 6.30. The van der Waals surface area contributed by atoms with Gasteiger partial charge in [0.1, 0.15) is 24.0 Å². The van der Waals surface area contributed by atoms with Crippen LogP contribution in [0.2, 0.25) is 5.02 Å². The smallest absolute Gasteiger partial charge is 0.237 e. The Morgan fingerprint density at radius 3 is 2.30 bits per heavy atom. The molecule has 7 rings (SSSR count). The SMILES string of the molecule is CNC(=O)C(CCC=O)N(C)Cc1cc(CCCOCCOCCOCCN2CCN(Cc3ccc(-c4c[nH]c5nc(Nc6cc(F)cc(Cl)c6)ncc45)cc3)CC2)ccc1C=O.OC1CCCCC1. The molecule has 1 amide bonds.